The van der Waals surface area contributed by atoms with Gasteiger partial charge < -0.3 is 10.2 Å². The molecule has 4 heterocycles. The number of nitrogens with zero attached hydrogens (tertiary/aromatic N) is 3. The molecular weight excluding hydrogens is 501 g/mol. The van der Waals surface area contributed by atoms with E-state index >= 15 is 0 Å². The largest absolute Gasteiger partial charge is 0.338 e. The predicted octanol–water partition coefficient (Wildman–Crippen LogP) is 3.82. The molecule has 160 valence electrons. The first-order valence-electron chi connectivity index (χ1n) is 9.76. The zero-order valence-corrected chi connectivity index (χ0v) is 19.5. The maximum atomic E-state index is 13.3. The van der Waals surface area contributed by atoms with Crippen molar-refractivity contribution in [2.75, 3.05) is 23.7 Å². The van der Waals surface area contributed by atoms with Crippen molar-refractivity contribution in [3.63, 3.8) is 0 Å². The van der Waals surface area contributed by atoms with E-state index in [1.54, 1.807) is 35.2 Å². The molecule has 5 rings (SSSR count). The number of rotatable bonds is 4. The number of thiophene rings is 1. The number of thioether (sulfide) groups is 1. The second-order valence-electron chi connectivity index (χ2n) is 7.58. The number of hydrogen-bond donors (Lipinski definition) is 2. The Balaban J connectivity index is 1.42. The van der Waals surface area contributed by atoms with Gasteiger partial charge >= 0.3 is 0 Å². The van der Waals surface area contributed by atoms with Crippen molar-refractivity contribution in [2.45, 2.75) is 11.0 Å². The van der Waals surface area contributed by atoms with E-state index in [9.17, 15) is 9.18 Å². The lowest BCUT2D eigenvalue weighted by Gasteiger charge is -2.42. The van der Waals surface area contributed by atoms with Crippen LogP contribution in [-0.4, -0.2) is 40.2 Å². The molecule has 6 nitrogen and oxygen atoms in total. The number of anilines is 1. The van der Waals surface area contributed by atoms with E-state index in [1.807, 2.05) is 18.2 Å². The summed E-state index contributed by atoms with van der Waals surface area (Å²) in [6, 6.07) is 11.3. The van der Waals surface area contributed by atoms with Crippen LogP contribution in [0.1, 0.15) is 15.2 Å². The van der Waals surface area contributed by atoms with Gasteiger partial charge in [-0.3, -0.25) is 10.1 Å². The molecule has 2 saturated heterocycles. The average molecular weight is 520 g/mol. The fraction of sp³-hybridized carbons (Fsp3) is 0.286. The van der Waals surface area contributed by atoms with Crippen molar-refractivity contribution in [1.29, 1.82) is 0 Å². The summed E-state index contributed by atoms with van der Waals surface area (Å²) in [4.78, 5) is 24.4. The maximum absolute atomic E-state index is 13.3. The predicted molar refractivity (Wildman–Crippen MR) is 125 cm³/mol. The molecule has 0 bridgehead atoms. The van der Waals surface area contributed by atoms with Crippen molar-refractivity contribution in [3.05, 3.63) is 74.9 Å². The van der Waals surface area contributed by atoms with Gasteiger partial charge in [0.1, 0.15) is 5.50 Å². The van der Waals surface area contributed by atoms with Gasteiger partial charge in [-0.15, -0.1) is 23.1 Å². The van der Waals surface area contributed by atoms with Crippen LogP contribution in [0.5, 0.6) is 0 Å². The van der Waals surface area contributed by atoms with Gasteiger partial charge in [-0.05, 0) is 34.1 Å². The van der Waals surface area contributed by atoms with Crippen LogP contribution in [-0.2, 0) is 5.54 Å². The van der Waals surface area contributed by atoms with Crippen molar-refractivity contribution < 1.29 is 9.18 Å². The lowest BCUT2D eigenvalue weighted by atomic mass is 9.86. The number of fused-ring (bicyclic) bond motifs is 1. The minimum atomic E-state index is -0.449. The van der Waals surface area contributed by atoms with Crippen LogP contribution < -0.4 is 15.5 Å². The summed E-state index contributed by atoms with van der Waals surface area (Å²) in [5, 5.41) is 8.91. The Labute approximate surface area is 195 Å². The van der Waals surface area contributed by atoms with E-state index < -0.39 is 5.82 Å². The normalized spacial score (nSPS) is 25.3. The monoisotopic (exact) mass is 519 g/mol. The highest BCUT2D eigenvalue weighted by Crippen LogP contribution is 2.46. The molecule has 0 saturated carbocycles. The molecule has 2 aliphatic rings. The van der Waals surface area contributed by atoms with Gasteiger partial charge in [0.2, 0.25) is 5.95 Å². The fourth-order valence-electron chi connectivity index (χ4n) is 4.15. The van der Waals surface area contributed by atoms with Gasteiger partial charge in [0, 0.05) is 45.1 Å². The van der Waals surface area contributed by atoms with Crippen LogP contribution >= 0.6 is 39.0 Å². The zero-order chi connectivity index (χ0) is 21.4. The Morgan fingerprint density at radius 1 is 1.29 bits per heavy atom. The van der Waals surface area contributed by atoms with Gasteiger partial charge in [0.05, 0.1) is 17.9 Å². The summed E-state index contributed by atoms with van der Waals surface area (Å²) in [6.07, 6.45) is 2.40. The molecule has 31 heavy (non-hydrogen) atoms. The molecule has 2 N–H and O–H groups in total. The van der Waals surface area contributed by atoms with Crippen molar-refractivity contribution in [1.82, 2.24) is 20.6 Å². The third-order valence-electron chi connectivity index (χ3n) is 5.63. The van der Waals surface area contributed by atoms with E-state index in [-0.39, 0.29) is 22.9 Å². The number of carbonyl (C=O) groups excluding carboxylic acids is 1. The third kappa shape index (κ3) is 4.09. The van der Waals surface area contributed by atoms with Gasteiger partial charge in [0.15, 0.2) is 5.82 Å². The Bertz CT molecular complexity index is 1080. The Kier molecular flexibility index (Phi) is 5.72. The van der Waals surface area contributed by atoms with Crippen LogP contribution in [0.4, 0.5) is 10.3 Å². The summed E-state index contributed by atoms with van der Waals surface area (Å²) in [5.74, 6) is 1.10. The SMILES string of the molecule is O=C(NC1NC2(c3cc(Br)cs3)CN(c3ncc(F)cn3)CC2CS1)c1ccccc1. The number of hydrogen-bond acceptors (Lipinski definition) is 7. The van der Waals surface area contributed by atoms with Gasteiger partial charge in [-0.1, -0.05) is 18.2 Å². The first kappa shape index (κ1) is 20.9. The Hall–Kier alpha value is -2.01. The summed E-state index contributed by atoms with van der Waals surface area (Å²) in [7, 11) is 0. The highest BCUT2D eigenvalue weighted by atomic mass is 79.9. The van der Waals surface area contributed by atoms with E-state index in [2.05, 4.69) is 52.9 Å². The van der Waals surface area contributed by atoms with Gasteiger partial charge in [-0.25, -0.2) is 14.4 Å². The third-order valence-corrected chi connectivity index (χ3v) is 8.66. The highest BCUT2D eigenvalue weighted by molar-refractivity contribution is 9.10. The molecule has 0 spiro atoms. The van der Waals surface area contributed by atoms with Gasteiger partial charge in [-0.2, -0.15) is 0 Å². The molecule has 0 aliphatic carbocycles. The summed E-state index contributed by atoms with van der Waals surface area (Å²) < 4.78 is 14.4. The van der Waals surface area contributed by atoms with Crippen LogP contribution in [0.3, 0.4) is 0 Å². The Morgan fingerprint density at radius 2 is 2.06 bits per heavy atom. The number of carbonyl (C=O) groups is 1. The summed E-state index contributed by atoms with van der Waals surface area (Å²) in [6.45, 7) is 1.38. The van der Waals surface area contributed by atoms with E-state index in [0.29, 0.717) is 18.1 Å². The molecule has 2 fully saturated rings. The van der Waals surface area contributed by atoms with E-state index in [0.717, 1.165) is 16.8 Å². The maximum Gasteiger partial charge on any atom is 0.253 e. The second-order valence-corrected chi connectivity index (χ2v) is 10.5. The lowest BCUT2D eigenvalue weighted by Crippen LogP contribution is -2.60. The molecule has 2 aromatic heterocycles. The molecule has 3 unspecified atom stereocenters. The van der Waals surface area contributed by atoms with Crippen molar-refractivity contribution in [2.24, 2.45) is 5.92 Å². The summed E-state index contributed by atoms with van der Waals surface area (Å²) in [5.41, 5.74) is 0.0283. The lowest BCUT2D eigenvalue weighted by molar-refractivity contribution is 0.0934. The van der Waals surface area contributed by atoms with Crippen LogP contribution in [0.2, 0.25) is 0 Å². The molecule has 0 radical (unpaired) electrons. The highest BCUT2D eigenvalue weighted by Gasteiger charge is 2.53. The first-order valence-corrected chi connectivity index (χ1v) is 12.5. The minimum Gasteiger partial charge on any atom is -0.338 e. The van der Waals surface area contributed by atoms with Crippen molar-refractivity contribution >= 4 is 50.9 Å². The van der Waals surface area contributed by atoms with Crippen LogP contribution in [0.15, 0.2) is 58.6 Å². The molecule has 2 aliphatic heterocycles. The number of amides is 1. The molecule has 1 aromatic carbocycles. The average Bonchev–Trinajstić information content (AvgIpc) is 3.39. The number of nitrogens with one attached hydrogen (secondary N) is 2. The molecule has 3 atom stereocenters. The van der Waals surface area contributed by atoms with Crippen LogP contribution in [0.25, 0.3) is 0 Å². The summed E-state index contributed by atoms with van der Waals surface area (Å²) >= 11 is 6.94. The number of benzene rings is 1. The number of aromatic nitrogens is 2. The fourth-order valence-corrected chi connectivity index (χ4v) is 7.11. The molecular formula is C21H19BrFN5OS2. The zero-order valence-electron chi connectivity index (χ0n) is 16.3. The minimum absolute atomic E-state index is 0.108. The van der Waals surface area contributed by atoms with Crippen molar-refractivity contribution in [3.8, 4) is 0 Å². The first-order chi connectivity index (χ1) is 15.0. The van der Waals surface area contributed by atoms with E-state index in [1.165, 1.54) is 17.3 Å². The second kappa shape index (κ2) is 8.50. The molecule has 1 amide bonds. The van der Waals surface area contributed by atoms with E-state index in [4.69, 9.17) is 0 Å². The standard InChI is InChI=1S/C21H19BrFN5OS2/c22-15-6-17(30-11-15)21-12-28(19-24-7-16(23)8-25-19)9-14(21)10-31-20(27-21)26-18(29)13-4-2-1-3-5-13/h1-8,11,14,20,27H,9-10,12H2,(H,26,29). The smallest absolute Gasteiger partial charge is 0.253 e. The molecule has 3 aromatic rings. The Morgan fingerprint density at radius 3 is 2.77 bits per heavy atom. The van der Waals surface area contributed by atoms with Crippen LogP contribution in [0, 0.1) is 11.7 Å². The number of halogens is 2. The molecule has 10 heteroatoms. The topological polar surface area (TPSA) is 70.2 Å². The van der Waals surface area contributed by atoms with Gasteiger partial charge in [0.25, 0.3) is 5.91 Å². The quantitative estimate of drug-likeness (QED) is 0.545.